The van der Waals surface area contributed by atoms with E-state index in [4.69, 9.17) is 0 Å². The molecule has 3 aromatic carbocycles. The fourth-order valence-corrected chi connectivity index (χ4v) is 5.76. The van der Waals surface area contributed by atoms with Crippen LogP contribution in [0.3, 0.4) is 0 Å². The van der Waals surface area contributed by atoms with Crippen LogP contribution in [0.5, 0.6) is 0 Å². The number of benzene rings is 3. The maximum absolute atomic E-state index is 13.2. The van der Waals surface area contributed by atoms with Crippen molar-refractivity contribution < 1.29 is 0 Å². The number of hydrogen-bond donors (Lipinski definition) is 1. The van der Waals surface area contributed by atoms with Crippen LogP contribution in [-0.2, 0) is 13.1 Å². The van der Waals surface area contributed by atoms with Crippen LogP contribution in [0.4, 0.5) is 17.1 Å². The molecule has 5 nitrogen and oxygen atoms in total. The Morgan fingerprint density at radius 1 is 0.833 bits per heavy atom. The van der Waals surface area contributed by atoms with Gasteiger partial charge in [-0.1, -0.05) is 85.5 Å². The van der Waals surface area contributed by atoms with E-state index in [1.165, 1.54) is 11.3 Å². The zero-order valence-corrected chi connectivity index (χ0v) is 21.7. The Hall–Kier alpha value is -3.35. The Labute approximate surface area is 217 Å². The number of aromatic nitrogens is 1. The van der Waals surface area contributed by atoms with Crippen molar-refractivity contribution in [2.75, 3.05) is 36.4 Å². The van der Waals surface area contributed by atoms with Gasteiger partial charge in [-0.05, 0) is 41.8 Å². The molecule has 186 valence electrons. The minimum atomic E-state index is 0.0610. The quantitative estimate of drug-likeness (QED) is 0.288. The van der Waals surface area contributed by atoms with Gasteiger partial charge in [0.1, 0.15) is 5.69 Å². The van der Waals surface area contributed by atoms with E-state index >= 15 is 0 Å². The Morgan fingerprint density at radius 3 is 2.17 bits per heavy atom. The highest BCUT2D eigenvalue weighted by atomic mass is 32.1. The van der Waals surface area contributed by atoms with Crippen molar-refractivity contribution in [2.45, 2.75) is 32.9 Å². The molecule has 0 aliphatic carbocycles. The van der Waals surface area contributed by atoms with Crippen molar-refractivity contribution in [3.8, 4) is 10.4 Å². The van der Waals surface area contributed by atoms with Gasteiger partial charge in [-0.2, -0.15) is 0 Å². The molecule has 0 saturated carbocycles. The standard InChI is InChI=1S/C30H34N4OS/c1-2-3-18-34-30(35)28(29(36-34)25-12-8-5-9-13-25)31-26-14-16-27(17-15-26)33-21-19-32(20-22-33)23-24-10-6-4-7-11-24/h4-17,31H,2-3,18-23H2,1H3. The van der Waals surface area contributed by atoms with E-state index in [9.17, 15) is 4.79 Å². The average Bonchev–Trinajstić information content (AvgIpc) is 3.24. The van der Waals surface area contributed by atoms with Crippen LogP contribution in [0.1, 0.15) is 25.3 Å². The molecule has 0 atom stereocenters. The fraction of sp³-hybridized carbons (Fsp3) is 0.300. The summed E-state index contributed by atoms with van der Waals surface area (Å²) < 4.78 is 1.89. The summed E-state index contributed by atoms with van der Waals surface area (Å²) in [5.41, 5.74) is 5.35. The van der Waals surface area contributed by atoms with Gasteiger partial charge in [0, 0.05) is 50.6 Å². The minimum Gasteiger partial charge on any atom is -0.369 e. The first kappa shape index (κ1) is 24.3. The van der Waals surface area contributed by atoms with Gasteiger partial charge in [0.2, 0.25) is 0 Å². The predicted molar refractivity (Wildman–Crippen MR) is 153 cm³/mol. The summed E-state index contributed by atoms with van der Waals surface area (Å²) in [7, 11) is 0. The first-order valence-corrected chi connectivity index (χ1v) is 13.7. The maximum Gasteiger partial charge on any atom is 0.284 e. The van der Waals surface area contributed by atoms with Crippen molar-refractivity contribution in [2.24, 2.45) is 0 Å². The van der Waals surface area contributed by atoms with Crippen LogP contribution >= 0.6 is 11.5 Å². The molecule has 0 radical (unpaired) electrons. The Kier molecular flexibility index (Phi) is 7.84. The molecule has 2 heterocycles. The second kappa shape index (κ2) is 11.6. The normalized spacial score (nSPS) is 14.2. The van der Waals surface area contributed by atoms with Crippen LogP contribution in [0, 0.1) is 0 Å². The lowest BCUT2D eigenvalue weighted by Gasteiger charge is -2.36. The second-order valence-electron chi connectivity index (χ2n) is 9.34. The third-order valence-electron chi connectivity index (χ3n) is 6.74. The van der Waals surface area contributed by atoms with Gasteiger partial charge in [0.05, 0.1) is 4.88 Å². The third kappa shape index (κ3) is 5.72. The van der Waals surface area contributed by atoms with Crippen LogP contribution in [0.25, 0.3) is 10.4 Å². The van der Waals surface area contributed by atoms with Gasteiger partial charge in [0.25, 0.3) is 5.56 Å². The van der Waals surface area contributed by atoms with E-state index in [0.29, 0.717) is 5.69 Å². The molecule has 1 N–H and O–H groups in total. The topological polar surface area (TPSA) is 40.5 Å². The molecule has 4 aromatic rings. The van der Waals surface area contributed by atoms with Crippen molar-refractivity contribution >= 4 is 28.6 Å². The Bertz CT molecular complexity index is 1290. The molecular formula is C30H34N4OS. The van der Waals surface area contributed by atoms with Crippen molar-refractivity contribution in [3.63, 3.8) is 0 Å². The number of hydrogen-bond acceptors (Lipinski definition) is 5. The molecule has 1 saturated heterocycles. The Balaban J connectivity index is 1.27. The van der Waals surface area contributed by atoms with E-state index in [2.05, 4.69) is 88.8 Å². The predicted octanol–water partition coefficient (Wildman–Crippen LogP) is 6.44. The summed E-state index contributed by atoms with van der Waals surface area (Å²) in [6, 6.07) is 29.4. The number of nitrogens with zero attached hydrogens (tertiary/aromatic N) is 3. The smallest absolute Gasteiger partial charge is 0.284 e. The van der Waals surface area contributed by atoms with Gasteiger partial charge in [-0.3, -0.25) is 13.7 Å². The summed E-state index contributed by atoms with van der Waals surface area (Å²) >= 11 is 1.55. The van der Waals surface area contributed by atoms with Crippen LogP contribution in [0.2, 0.25) is 0 Å². The van der Waals surface area contributed by atoms with E-state index < -0.39 is 0 Å². The molecule has 1 aromatic heterocycles. The summed E-state index contributed by atoms with van der Waals surface area (Å²) in [6.07, 6.45) is 2.07. The minimum absolute atomic E-state index is 0.0610. The van der Waals surface area contributed by atoms with Crippen LogP contribution in [0.15, 0.2) is 89.7 Å². The zero-order valence-electron chi connectivity index (χ0n) is 20.9. The van der Waals surface area contributed by atoms with Gasteiger partial charge in [-0.25, -0.2) is 0 Å². The summed E-state index contributed by atoms with van der Waals surface area (Å²) in [5.74, 6) is 0. The lowest BCUT2D eigenvalue weighted by Crippen LogP contribution is -2.45. The largest absolute Gasteiger partial charge is 0.369 e. The number of aryl methyl sites for hydroxylation is 1. The highest BCUT2D eigenvalue weighted by molar-refractivity contribution is 7.10. The van der Waals surface area contributed by atoms with Gasteiger partial charge < -0.3 is 10.2 Å². The zero-order chi connectivity index (χ0) is 24.7. The molecule has 6 heteroatoms. The average molecular weight is 499 g/mol. The molecule has 1 aliphatic heterocycles. The van der Waals surface area contributed by atoms with Gasteiger partial charge >= 0.3 is 0 Å². The molecule has 36 heavy (non-hydrogen) atoms. The molecule has 1 aliphatic rings. The highest BCUT2D eigenvalue weighted by Gasteiger charge is 2.19. The van der Waals surface area contributed by atoms with Gasteiger partial charge in [-0.15, -0.1) is 0 Å². The summed E-state index contributed by atoms with van der Waals surface area (Å²) in [6.45, 7) is 8.08. The number of rotatable bonds is 9. The molecular weight excluding hydrogens is 464 g/mol. The lowest BCUT2D eigenvalue weighted by molar-refractivity contribution is 0.250. The highest BCUT2D eigenvalue weighted by Crippen LogP contribution is 2.33. The summed E-state index contributed by atoms with van der Waals surface area (Å²) in [4.78, 5) is 19.2. The van der Waals surface area contributed by atoms with E-state index in [-0.39, 0.29) is 5.56 Å². The summed E-state index contributed by atoms with van der Waals surface area (Å²) in [5, 5.41) is 3.45. The van der Waals surface area contributed by atoms with Crippen molar-refractivity contribution in [1.29, 1.82) is 0 Å². The van der Waals surface area contributed by atoms with Crippen molar-refractivity contribution in [1.82, 2.24) is 8.86 Å². The monoisotopic (exact) mass is 498 g/mol. The Morgan fingerprint density at radius 2 is 1.50 bits per heavy atom. The number of nitrogens with one attached hydrogen (secondary N) is 1. The first-order chi connectivity index (χ1) is 17.7. The molecule has 5 rings (SSSR count). The molecule has 0 unspecified atom stereocenters. The first-order valence-electron chi connectivity index (χ1n) is 12.9. The maximum atomic E-state index is 13.2. The third-order valence-corrected chi connectivity index (χ3v) is 7.93. The van der Waals surface area contributed by atoms with E-state index in [1.807, 2.05) is 22.2 Å². The SMILES string of the molecule is CCCCn1sc(-c2ccccc2)c(Nc2ccc(N3CCN(Cc4ccccc4)CC3)cc2)c1=O. The second-order valence-corrected chi connectivity index (χ2v) is 10.4. The lowest BCUT2D eigenvalue weighted by atomic mass is 10.1. The van der Waals surface area contributed by atoms with E-state index in [0.717, 1.165) is 68.2 Å². The molecule has 0 bridgehead atoms. The molecule has 1 fully saturated rings. The van der Waals surface area contributed by atoms with E-state index in [1.54, 1.807) is 11.5 Å². The number of anilines is 3. The molecule has 0 spiro atoms. The molecule has 0 amide bonds. The van der Waals surface area contributed by atoms with Crippen molar-refractivity contribution in [3.05, 3.63) is 101 Å². The van der Waals surface area contributed by atoms with Crippen LogP contribution in [-0.4, -0.2) is 35.0 Å². The van der Waals surface area contributed by atoms with Crippen LogP contribution < -0.4 is 15.8 Å². The number of piperazine rings is 1. The van der Waals surface area contributed by atoms with Gasteiger partial charge in [0.15, 0.2) is 0 Å². The fourth-order valence-electron chi connectivity index (χ4n) is 4.67. The number of unbranched alkanes of at least 4 members (excludes halogenated alkanes) is 1.